The lowest BCUT2D eigenvalue weighted by Gasteiger charge is -2.28. The molecule has 0 rings (SSSR count). The van der Waals surface area contributed by atoms with Crippen LogP contribution in [0.3, 0.4) is 0 Å². The number of hydrogen-bond acceptors (Lipinski definition) is 0. The Morgan fingerprint density at radius 2 is 0.215 bits per heavy atom. The van der Waals surface area contributed by atoms with Crippen molar-refractivity contribution in [3.8, 4) is 0 Å². The van der Waals surface area contributed by atoms with Gasteiger partial charge in [0, 0.05) is 7.26 Å². The van der Waals surface area contributed by atoms with Crippen LogP contribution in [0.2, 0.25) is 0 Å². The fraction of sp³-hybridized carbons (Fsp3) is 1.00. The molecule has 0 saturated carbocycles. The van der Waals surface area contributed by atoms with Crippen LogP contribution in [0, 0.1) is 0 Å². The molecular formula is C64H132P+. The van der Waals surface area contributed by atoms with Crippen molar-refractivity contribution in [1.82, 2.24) is 0 Å². The average molecular weight is 933 g/mol. The lowest BCUT2D eigenvalue weighted by molar-refractivity contribution is 0.533. The summed E-state index contributed by atoms with van der Waals surface area (Å²) in [6.07, 6.45) is 90.3. The third-order valence-electron chi connectivity index (χ3n) is 15.9. The first kappa shape index (κ1) is 65.4. The predicted octanol–water partition coefficient (Wildman–Crippen LogP) is 24.9. The van der Waals surface area contributed by atoms with E-state index < -0.39 is 7.26 Å². The summed E-state index contributed by atoms with van der Waals surface area (Å²) < 4.78 is 0. The van der Waals surface area contributed by atoms with E-state index >= 15 is 0 Å². The topological polar surface area (TPSA) is 0 Å². The smallest absolute Gasteiger partial charge is 0.0594 e. The van der Waals surface area contributed by atoms with Crippen LogP contribution >= 0.6 is 7.26 Å². The van der Waals surface area contributed by atoms with E-state index in [4.69, 9.17) is 0 Å². The summed E-state index contributed by atoms with van der Waals surface area (Å²) in [7, 11) is -0.833. The van der Waals surface area contributed by atoms with Crippen LogP contribution in [0.1, 0.15) is 387 Å². The Hall–Kier alpha value is 0.430. The van der Waals surface area contributed by atoms with Crippen LogP contribution < -0.4 is 0 Å². The largest absolute Gasteiger partial charge is 0.0654 e. The molecule has 392 valence electrons. The highest BCUT2D eigenvalue weighted by Crippen LogP contribution is 2.61. The van der Waals surface area contributed by atoms with Crippen molar-refractivity contribution in [1.29, 1.82) is 0 Å². The SMILES string of the molecule is CCCCCCCCCCCCCCCCC[P+](CCCCCCCCCCCCC)(CCCCCCCCCCCCCCCCC)CCCCCCCCCCCCCCCCC. The molecule has 1 heteroatoms. The molecule has 0 saturated heterocycles. The lowest BCUT2D eigenvalue weighted by Crippen LogP contribution is -2.13. The minimum absolute atomic E-state index is 0.833. The summed E-state index contributed by atoms with van der Waals surface area (Å²) in [6, 6.07) is 0. The Labute approximate surface area is 417 Å². The van der Waals surface area contributed by atoms with Crippen LogP contribution in [0.15, 0.2) is 0 Å². The van der Waals surface area contributed by atoms with Gasteiger partial charge >= 0.3 is 0 Å². The van der Waals surface area contributed by atoms with E-state index in [0.29, 0.717) is 0 Å². The fourth-order valence-electron chi connectivity index (χ4n) is 11.2. The second-order valence-corrected chi connectivity index (χ2v) is 27.1. The zero-order valence-corrected chi connectivity index (χ0v) is 47.8. The Morgan fingerprint density at radius 3 is 0.323 bits per heavy atom. The highest BCUT2D eigenvalue weighted by atomic mass is 31.2. The lowest BCUT2D eigenvalue weighted by atomic mass is 10.0. The molecule has 0 atom stereocenters. The summed E-state index contributed by atoms with van der Waals surface area (Å²) in [5.74, 6) is 0. The van der Waals surface area contributed by atoms with E-state index in [-0.39, 0.29) is 0 Å². The average Bonchev–Trinajstić information content (AvgIpc) is 3.32. The molecule has 0 aromatic rings. The van der Waals surface area contributed by atoms with E-state index in [1.807, 2.05) is 0 Å². The zero-order chi connectivity index (χ0) is 46.9. The Bertz CT molecular complexity index is 720. The molecule has 0 heterocycles. The Morgan fingerprint density at radius 1 is 0.123 bits per heavy atom. The van der Waals surface area contributed by atoms with Crippen molar-refractivity contribution in [2.45, 2.75) is 387 Å². The van der Waals surface area contributed by atoms with Crippen LogP contribution in [0.5, 0.6) is 0 Å². The third kappa shape index (κ3) is 53.6. The number of hydrogen-bond donors (Lipinski definition) is 0. The Kier molecular flexibility index (Phi) is 59.1. The third-order valence-corrected chi connectivity index (χ3v) is 21.0. The summed E-state index contributed by atoms with van der Waals surface area (Å²) in [5.41, 5.74) is 0. The molecule has 0 aliphatic carbocycles. The minimum Gasteiger partial charge on any atom is -0.0654 e. The predicted molar refractivity (Wildman–Crippen MR) is 308 cm³/mol. The summed E-state index contributed by atoms with van der Waals surface area (Å²) in [4.78, 5) is 0. The highest BCUT2D eigenvalue weighted by molar-refractivity contribution is 7.75. The monoisotopic (exact) mass is 932 g/mol. The molecule has 0 radical (unpaired) electrons. The van der Waals surface area contributed by atoms with Gasteiger partial charge in [0.1, 0.15) is 0 Å². The van der Waals surface area contributed by atoms with Crippen LogP contribution in [0.4, 0.5) is 0 Å². The van der Waals surface area contributed by atoms with E-state index in [1.54, 1.807) is 50.3 Å². The maximum absolute atomic E-state index is 2.35. The van der Waals surface area contributed by atoms with Gasteiger partial charge in [-0.2, -0.15) is 0 Å². The van der Waals surface area contributed by atoms with Crippen molar-refractivity contribution in [3.63, 3.8) is 0 Å². The van der Waals surface area contributed by atoms with E-state index in [0.717, 1.165) is 0 Å². The van der Waals surface area contributed by atoms with E-state index in [1.165, 1.54) is 334 Å². The van der Waals surface area contributed by atoms with Gasteiger partial charge in [-0.1, -0.05) is 336 Å². The van der Waals surface area contributed by atoms with Crippen molar-refractivity contribution < 1.29 is 0 Å². The molecule has 0 spiro atoms. The molecular weight excluding hydrogens is 800 g/mol. The van der Waals surface area contributed by atoms with Gasteiger partial charge in [0.2, 0.25) is 0 Å². The highest BCUT2D eigenvalue weighted by Gasteiger charge is 2.35. The zero-order valence-electron chi connectivity index (χ0n) is 46.9. The van der Waals surface area contributed by atoms with Gasteiger partial charge < -0.3 is 0 Å². The standard InChI is InChI=1S/C64H132P/c1-5-9-13-17-21-25-29-32-35-38-42-46-50-54-58-62-65(61-57-53-49-45-41-28-24-20-16-12-8-4,63-59-55-51-47-43-39-36-33-30-26-22-18-14-10-6-2)64-60-56-52-48-44-40-37-34-31-27-23-19-15-11-7-3/h5-64H2,1-4H3/q+1. The second-order valence-electron chi connectivity index (χ2n) is 22.6. The van der Waals surface area contributed by atoms with Gasteiger partial charge in [-0.25, -0.2) is 0 Å². The molecule has 0 aliphatic heterocycles. The Balaban J connectivity index is 4.90. The minimum atomic E-state index is -0.833. The van der Waals surface area contributed by atoms with Gasteiger partial charge in [-0.05, 0) is 51.4 Å². The van der Waals surface area contributed by atoms with Crippen LogP contribution in [-0.2, 0) is 0 Å². The molecule has 0 fully saturated rings. The molecule has 0 nitrogen and oxygen atoms in total. The first-order chi connectivity index (χ1) is 32.2. The van der Waals surface area contributed by atoms with E-state index in [9.17, 15) is 0 Å². The van der Waals surface area contributed by atoms with Crippen molar-refractivity contribution in [2.75, 3.05) is 24.6 Å². The molecule has 65 heavy (non-hydrogen) atoms. The number of rotatable bonds is 60. The van der Waals surface area contributed by atoms with Gasteiger partial charge in [0.15, 0.2) is 0 Å². The summed E-state index contributed by atoms with van der Waals surface area (Å²) >= 11 is 0. The molecule has 0 aromatic heterocycles. The van der Waals surface area contributed by atoms with Crippen molar-refractivity contribution in [3.05, 3.63) is 0 Å². The van der Waals surface area contributed by atoms with Gasteiger partial charge in [-0.15, -0.1) is 0 Å². The van der Waals surface area contributed by atoms with Gasteiger partial charge in [0.05, 0.1) is 24.6 Å². The van der Waals surface area contributed by atoms with Gasteiger partial charge in [0.25, 0.3) is 0 Å². The van der Waals surface area contributed by atoms with E-state index in [2.05, 4.69) is 27.7 Å². The quantitative estimate of drug-likeness (QED) is 0.0421. The first-order valence-corrected chi connectivity index (χ1v) is 34.6. The van der Waals surface area contributed by atoms with Crippen molar-refractivity contribution in [2.24, 2.45) is 0 Å². The van der Waals surface area contributed by atoms with Crippen molar-refractivity contribution >= 4 is 7.26 Å². The molecule has 0 N–H and O–H groups in total. The van der Waals surface area contributed by atoms with Gasteiger partial charge in [-0.3, -0.25) is 0 Å². The number of unbranched alkanes of at least 4 members (excludes halogenated alkanes) is 52. The van der Waals surface area contributed by atoms with Crippen LogP contribution in [-0.4, -0.2) is 24.6 Å². The molecule has 0 unspecified atom stereocenters. The summed E-state index contributed by atoms with van der Waals surface area (Å²) in [5, 5.41) is 0. The molecule has 0 bridgehead atoms. The maximum atomic E-state index is 2.35. The molecule has 0 aliphatic rings. The summed E-state index contributed by atoms with van der Waals surface area (Å²) in [6.45, 7) is 9.35. The molecule has 0 aromatic carbocycles. The fourth-order valence-corrected chi connectivity index (χ4v) is 16.2. The normalized spacial score (nSPS) is 12.0. The molecule has 0 amide bonds. The first-order valence-electron chi connectivity index (χ1n) is 32.1. The second kappa shape index (κ2) is 58.7. The van der Waals surface area contributed by atoms with Crippen LogP contribution in [0.25, 0.3) is 0 Å². The maximum Gasteiger partial charge on any atom is 0.0594 e.